The van der Waals surface area contributed by atoms with Crippen molar-refractivity contribution in [2.45, 2.75) is 18.9 Å². The molecule has 0 aliphatic heterocycles. The lowest BCUT2D eigenvalue weighted by molar-refractivity contribution is 0.0845. The van der Waals surface area contributed by atoms with Crippen molar-refractivity contribution in [2.24, 2.45) is 13.0 Å². The number of H-pyrrole nitrogens is 1. The Labute approximate surface area is 141 Å². The van der Waals surface area contributed by atoms with Crippen LogP contribution in [0.25, 0.3) is 0 Å². The molecule has 1 fully saturated rings. The highest BCUT2D eigenvalue weighted by atomic mass is 16.5. The molecule has 1 saturated carbocycles. The standard InChI is InChI=1S/C15H17N5O5/c1-20-13(22)3-2-10(18-20)14(23)17-9-4-8(5-9)7-16-15(24)11-6-12(21)19-25-11/h2-3,6,8-9H,4-5,7H2,1H3,(H,16,24)(H,17,23)(H,19,21). The SMILES string of the molecule is Cn1nc(C(=O)NC2CC(CNC(=O)c3cc(=O)[nH]o3)C2)ccc1=O. The highest BCUT2D eigenvalue weighted by molar-refractivity contribution is 5.92. The fourth-order valence-electron chi connectivity index (χ4n) is 2.62. The van der Waals surface area contributed by atoms with Crippen molar-refractivity contribution in [2.75, 3.05) is 6.54 Å². The van der Waals surface area contributed by atoms with Crippen LogP contribution >= 0.6 is 0 Å². The zero-order chi connectivity index (χ0) is 18.0. The Balaban J connectivity index is 1.42. The summed E-state index contributed by atoms with van der Waals surface area (Å²) in [6, 6.07) is 3.76. The van der Waals surface area contributed by atoms with E-state index in [-0.39, 0.29) is 34.9 Å². The number of nitrogens with zero attached hydrogens (tertiary/aromatic N) is 2. The molecule has 0 bridgehead atoms. The summed E-state index contributed by atoms with van der Waals surface area (Å²) in [5.74, 6) is -0.625. The summed E-state index contributed by atoms with van der Waals surface area (Å²) in [6.45, 7) is 0.429. The summed E-state index contributed by atoms with van der Waals surface area (Å²) in [6.07, 6.45) is 1.43. The summed E-state index contributed by atoms with van der Waals surface area (Å²) < 4.78 is 5.82. The minimum absolute atomic E-state index is 0.00127. The molecule has 10 nitrogen and oxygen atoms in total. The number of rotatable bonds is 5. The maximum Gasteiger partial charge on any atom is 0.289 e. The summed E-state index contributed by atoms with van der Waals surface area (Å²) >= 11 is 0. The van der Waals surface area contributed by atoms with Gasteiger partial charge in [0.1, 0.15) is 5.69 Å². The molecule has 0 radical (unpaired) electrons. The lowest BCUT2D eigenvalue weighted by Crippen LogP contribution is -2.48. The van der Waals surface area contributed by atoms with Gasteiger partial charge in [-0.15, -0.1) is 0 Å². The van der Waals surface area contributed by atoms with E-state index < -0.39 is 11.5 Å². The van der Waals surface area contributed by atoms with Gasteiger partial charge in [-0.2, -0.15) is 10.3 Å². The van der Waals surface area contributed by atoms with Crippen LogP contribution in [-0.4, -0.2) is 39.3 Å². The number of nitrogens with one attached hydrogen (secondary N) is 3. The molecule has 3 N–H and O–H groups in total. The molecule has 10 heteroatoms. The van der Waals surface area contributed by atoms with Crippen LogP contribution < -0.4 is 21.8 Å². The summed E-state index contributed by atoms with van der Waals surface area (Å²) in [7, 11) is 1.48. The fraction of sp³-hybridized carbons (Fsp3) is 0.400. The molecule has 0 atom stereocenters. The Morgan fingerprint density at radius 1 is 1.32 bits per heavy atom. The van der Waals surface area contributed by atoms with Gasteiger partial charge in [-0.25, -0.2) is 4.68 Å². The van der Waals surface area contributed by atoms with Crippen molar-refractivity contribution in [3.63, 3.8) is 0 Å². The average molecular weight is 347 g/mol. The number of aryl methyl sites for hydroxylation is 1. The van der Waals surface area contributed by atoms with E-state index in [1.807, 2.05) is 0 Å². The topological polar surface area (TPSA) is 139 Å². The average Bonchev–Trinajstić information content (AvgIpc) is 2.98. The highest BCUT2D eigenvalue weighted by Crippen LogP contribution is 2.26. The Kier molecular flexibility index (Phi) is 4.50. The van der Waals surface area contributed by atoms with Gasteiger partial charge in [0.05, 0.1) is 6.07 Å². The van der Waals surface area contributed by atoms with Gasteiger partial charge in [0.2, 0.25) is 5.76 Å². The third-order valence-corrected chi connectivity index (χ3v) is 4.06. The Morgan fingerprint density at radius 3 is 2.72 bits per heavy atom. The van der Waals surface area contributed by atoms with Gasteiger partial charge >= 0.3 is 0 Å². The molecule has 0 spiro atoms. The molecule has 3 rings (SSSR count). The molecule has 0 saturated heterocycles. The zero-order valence-electron chi connectivity index (χ0n) is 13.4. The predicted octanol–water partition coefficient (Wildman–Crippen LogP) is -1.000. The molecule has 0 aromatic carbocycles. The van der Waals surface area contributed by atoms with Crippen LogP contribution in [0.15, 0.2) is 32.3 Å². The Bertz CT molecular complexity index is 905. The molecule has 1 aliphatic rings. The molecular formula is C15H17N5O5. The molecule has 132 valence electrons. The maximum absolute atomic E-state index is 12.1. The summed E-state index contributed by atoms with van der Waals surface area (Å²) in [4.78, 5) is 46.0. The van der Waals surface area contributed by atoms with Crippen molar-refractivity contribution in [3.8, 4) is 0 Å². The molecule has 1 aliphatic carbocycles. The minimum atomic E-state index is -0.469. The van der Waals surface area contributed by atoms with Crippen LogP contribution in [-0.2, 0) is 7.05 Å². The molecular weight excluding hydrogens is 330 g/mol. The largest absolute Gasteiger partial charge is 0.373 e. The number of carbonyl (C=O) groups excluding carboxylic acids is 2. The zero-order valence-corrected chi connectivity index (χ0v) is 13.4. The molecule has 2 amide bonds. The van der Waals surface area contributed by atoms with Crippen LogP contribution in [0.4, 0.5) is 0 Å². The van der Waals surface area contributed by atoms with E-state index >= 15 is 0 Å². The van der Waals surface area contributed by atoms with Crippen molar-refractivity contribution >= 4 is 11.8 Å². The minimum Gasteiger partial charge on any atom is -0.373 e. The van der Waals surface area contributed by atoms with Gasteiger partial charge in [0, 0.05) is 25.7 Å². The second kappa shape index (κ2) is 6.75. The van der Waals surface area contributed by atoms with E-state index in [0.29, 0.717) is 6.54 Å². The van der Waals surface area contributed by atoms with Crippen LogP contribution in [0.5, 0.6) is 0 Å². The van der Waals surface area contributed by atoms with Crippen LogP contribution in [0.3, 0.4) is 0 Å². The lowest BCUT2D eigenvalue weighted by Gasteiger charge is -2.35. The lowest BCUT2D eigenvalue weighted by atomic mass is 9.80. The number of aromatic amines is 1. The third-order valence-electron chi connectivity index (χ3n) is 4.06. The first-order chi connectivity index (χ1) is 11.9. The van der Waals surface area contributed by atoms with Gasteiger partial charge < -0.3 is 15.2 Å². The number of hydrogen-bond acceptors (Lipinski definition) is 6. The van der Waals surface area contributed by atoms with Gasteiger partial charge in [-0.3, -0.25) is 19.2 Å². The van der Waals surface area contributed by atoms with E-state index in [1.54, 1.807) is 0 Å². The summed E-state index contributed by atoms with van der Waals surface area (Å²) in [5, 5.41) is 11.5. The van der Waals surface area contributed by atoms with Gasteiger partial charge in [0.25, 0.3) is 22.9 Å². The van der Waals surface area contributed by atoms with E-state index in [9.17, 15) is 19.2 Å². The first-order valence-electron chi connectivity index (χ1n) is 7.74. The molecule has 25 heavy (non-hydrogen) atoms. The maximum atomic E-state index is 12.1. The van der Waals surface area contributed by atoms with Gasteiger partial charge in [-0.1, -0.05) is 0 Å². The smallest absolute Gasteiger partial charge is 0.289 e. The molecule has 2 heterocycles. The predicted molar refractivity (Wildman–Crippen MR) is 85.1 cm³/mol. The normalized spacial score (nSPS) is 19.1. The van der Waals surface area contributed by atoms with Crippen molar-refractivity contribution < 1.29 is 14.1 Å². The molecule has 0 unspecified atom stereocenters. The Morgan fingerprint density at radius 2 is 2.08 bits per heavy atom. The van der Waals surface area contributed by atoms with E-state index in [1.165, 1.54) is 19.2 Å². The van der Waals surface area contributed by atoms with E-state index in [0.717, 1.165) is 23.6 Å². The van der Waals surface area contributed by atoms with Crippen LogP contribution in [0.2, 0.25) is 0 Å². The van der Waals surface area contributed by atoms with E-state index in [4.69, 9.17) is 4.52 Å². The second-order valence-electron chi connectivity index (χ2n) is 5.98. The van der Waals surface area contributed by atoms with E-state index in [2.05, 4.69) is 20.9 Å². The summed E-state index contributed by atoms with van der Waals surface area (Å²) in [5.41, 5.74) is -0.570. The second-order valence-corrected chi connectivity index (χ2v) is 5.98. The van der Waals surface area contributed by atoms with Gasteiger partial charge in [0.15, 0.2) is 0 Å². The number of carbonyl (C=O) groups is 2. The third kappa shape index (κ3) is 3.84. The van der Waals surface area contributed by atoms with Gasteiger partial charge in [-0.05, 0) is 24.8 Å². The fourth-order valence-corrected chi connectivity index (χ4v) is 2.62. The van der Waals surface area contributed by atoms with Crippen molar-refractivity contribution in [1.29, 1.82) is 0 Å². The van der Waals surface area contributed by atoms with Crippen LogP contribution in [0, 0.1) is 5.92 Å². The van der Waals surface area contributed by atoms with Crippen molar-refractivity contribution in [1.82, 2.24) is 25.6 Å². The highest BCUT2D eigenvalue weighted by Gasteiger charge is 2.31. The first-order valence-corrected chi connectivity index (χ1v) is 7.74. The first kappa shape index (κ1) is 16.7. The number of hydrogen-bond donors (Lipinski definition) is 3. The van der Waals surface area contributed by atoms with Crippen molar-refractivity contribution in [3.05, 3.63) is 50.4 Å². The number of aromatic nitrogens is 3. The Hall–Kier alpha value is -3.17. The number of amides is 2. The van der Waals surface area contributed by atoms with Crippen LogP contribution in [0.1, 0.15) is 33.9 Å². The quantitative estimate of drug-likeness (QED) is 0.634. The molecule has 2 aromatic heterocycles. The monoisotopic (exact) mass is 347 g/mol. The molecule has 2 aromatic rings.